The van der Waals surface area contributed by atoms with Gasteiger partial charge in [-0.05, 0) is 42.9 Å². The SMILES string of the molecule is CC(C)(C)[C@H]1C[C@H](C(F)(F)F)n2nc([C@@H]3CCN(C(=O)C4[C@H]5CCCC[C@H]45)C3)cc2N1. The first-order valence-corrected chi connectivity index (χ1v) is 11.8. The number of likely N-dealkylation sites (tertiary alicyclic amines) is 1. The number of nitrogens with zero attached hydrogens (tertiary/aromatic N) is 3. The second kappa shape index (κ2) is 7.14. The summed E-state index contributed by atoms with van der Waals surface area (Å²) >= 11 is 0. The van der Waals surface area contributed by atoms with Crippen LogP contribution in [0.4, 0.5) is 19.0 Å². The van der Waals surface area contributed by atoms with Crippen LogP contribution >= 0.6 is 0 Å². The molecule has 8 heteroatoms. The number of hydrogen-bond donors (Lipinski definition) is 1. The minimum Gasteiger partial charge on any atom is -0.367 e. The van der Waals surface area contributed by atoms with E-state index in [2.05, 4.69) is 10.4 Å². The standard InChI is InChI=1S/C23H33F3N4O/c1-22(2,3)17-11-18(23(24,25)26)30-19(27-17)10-16(28-30)13-8-9-29(12-13)21(31)20-14-6-4-5-7-15(14)20/h10,13-15,17-18,20,27H,4-9,11-12H2,1-3H3/t13-,14+,15+,17-,18-/m1/s1. The second-order valence-corrected chi connectivity index (χ2v) is 11.2. The molecule has 0 aromatic carbocycles. The van der Waals surface area contributed by atoms with Crippen LogP contribution in [0, 0.1) is 23.2 Å². The number of hydrogen-bond acceptors (Lipinski definition) is 3. The van der Waals surface area contributed by atoms with Crippen LogP contribution < -0.4 is 5.32 Å². The highest BCUT2D eigenvalue weighted by Gasteiger charge is 2.56. The zero-order chi connectivity index (χ0) is 22.1. The normalized spacial score (nSPS) is 35.4. The second-order valence-electron chi connectivity index (χ2n) is 11.2. The molecule has 1 N–H and O–H groups in total. The first-order chi connectivity index (χ1) is 14.5. The van der Waals surface area contributed by atoms with Crippen LogP contribution in [0.15, 0.2) is 6.07 Å². The van der Waals surface area contributed by atoms with Crippen LogP contribution in [-0.2, 0) is 4.79 Å². The van der Waals surface area contributed by atoms with Crippen molar-refractivity contribution in [1.29, 1.82) is 0 Å². The van der Waals surface area contributed by atoms with Gasteiger partial charge in [-0.15, -0.1) is 0 Å². The van der Waals surface area contributed by atoms with E-state index in [1.165, 1.54) is 25.7 Å². The summed E-state index contributed by atoms with van der Waals surface area (Å²) in [5.74, 6) is 2.06. The van der Waals surface area contributed by atoms with Crippen molar-refractivity contribution in [3.63, 3.8) is 0 Å². The van der Waals surface area contributed by atoms with Crippen molar-refractivity contribution in [3.8, 4) is 0 Å². The highest BCUT2D eigenvalue weighted by Crippen LogP contribution is 2.56. The van der Waals surface area contributed by atoms with Crippen LogP contribution in [-0.4, -0.2) is 45.9 Å². The Kier molecular flexibility index (Phi) is 4.87. The molecular formula is C23H33F3N4O. The van der Waals surface area contributed by atoms with Crippen LogP contribution in [0.3, 0.4) is 0 Å². The van der Waals surface area contributed by atoms with Gasteiger partial charge in [0.2, 0.25) is 5.91 Å². The molecule has 0 spiro atoms. The van der Waals surface area contributed by atoms with E-state index >= 15 is 0 Å². The molecule has 172 valence electrons. The van der Waals surface area contributed by atoms with E-state index in [4.69, 9.17) is 0 Å². The molecule has 5 atom stereocenters. The molecule has 3 fully saturated rings. The Hall–Kier alpha value is -1.73. The quantitative estimate of drug-likeness (QED) is 0.709. The highest BCUT2D eigenvalue weighted by atomic mass is 19.4. The van der Waals surface area contributed by atoms with Gasteiger partial charge < -0.3 is 10.2 Å². The summed E-state index contributed by atoms with van der Waals surface area (Å²) in [6, 6.07) is -0.113. The van der Waals surface area contributed by atoms with Gasteiger partial charge in [0.05, 0.1) is 5.69 Å². The Morgan fingerprint density at radius 1 is 1.13 bits per heavy atom. The average molecular weight is 439 g/mol. The van der Waals surface area contributed by atoms with Gasteiger partial charge in [0.15, 0.2) is 6.04 Å². The number of fused-ring (bicyclic) bond motifs is 2. The highest BCUT2D eigenvalue weighted by molar-refractivity contribution is 5.82. The molecule has 1 saturated heterocycles. The molecule has 0 radical (unpaired) electrons. The maximum absolute atomic E-state index is 13.8. The van der Waals surface area contributed by atoms with Gasteiger partial charge in [-0.1, -0.05) is 33.6 Å². The molecule has 5 rings (SSSR count). The number of nitrogens with one attached hydrogen (secondary N) is 1. The number of anilines is 1. The summed E-state index contributed by atoms with van der Waals surface area (Å²) < 4.78 is 42.6. The first kappa shape index (κ1) is 21.1. The van der Waals surface area contributed by atoms with E-state index in [1.807, 2.05) is 25.7 Å². The summed E-state index contributed by atoms with van der Waals surface area (Å²) in [6.45, 7) is 7.13. The zero-order valence-electron chi connectivity index (χ0n) is 18.6. The van der Waals surface area contributed by atoms with Crippen LogP contribution in [0.25, 0.3) is 0 Å². The van der Waals surface area contributed by atoms with E-state index < -0.39 is 12.2 Å². The molecule has 2 aliphatic heterocycles. The molecule has 2 saturated carbocycles. The lowest BCUT2D eigenvalue weighted by Crippen LogP contribution is -2.44. The fraction of sp³-hybridized carbons (Fsp3) is 0.826. The third kappa shape index (κ3) is 3.74. The van der Waals surface area contributed by atoms with Gasteiger partial charge >= 0.3 is 6.18 Å². The van der Waals surface area contributed by atoms with Crippen molar-refractivity contribution in [2.24, 2.45) is 23.2 Å². The molecule has 3 heterocycles. The number of amides is 1. The molecular weight excluding hydrogens is 405 g/mol. The summed E-state index contributed by atoms with van der Waals surface area (Å²) in [4.78, 5) is 15.0. The zero-order valence-corrected chi connectivity index (χ0v) is 18.6. The number of alkyl halides is 3. The summed E-state index contributed by atoms with van der Waals surface area (Å²) in [5.41, 5.74) is 0.381. The third-order valence-electron chi connectivity index (χ3n) is 8.11. The average Bonchev–Trinajstić information content (AvgIpc) is 3.02. The number of aromatic nitrogens is 2. The molecule has 5 nitrogen and oxygen atoms in total. The first-order valence-electron chi connectivity index (χ1n) is 11.8. The van der Waals surface area contributed by atoms with Crippen molar-refractivity contribution < 1.29 is 18.0 Å². The van der Waals surface area contributed by atoms with Crippen LogP contribution in [0.2, 0.25) is 0 Å². The van der Waals surface area contributed by atoms with Crippen molar-refractivity contribution in [1.82, 2.24) is 14.7 Å². The van der Waals surface area contributed by atoms with E-state index in [0.717, 1.165) is 11.1 Å². The predicted molar refractivity (Wildman–Crippen MR) is 112 cm³/mol. The molecule has 0 bridgehead atoms. The lowest BCUT2D eigenvalue weighted by molar-refractivity contribution is -0.175. The Bertz CT molecular complexity index is 846. The maximum atomic E-state index is 13.8. The smallest absolute Gasteiger partial charge is 0.367 e. The molecule has 1 amide bonds. The van der Waals surface area contributed by atoms with Gasteiger partial charge in [-0.25, -0.2) is 4.68 Å². The Balaban J connectivity index is 1.32. The van der Waals surface area contributed by atoms with Gasteiger partial charge in [-0.3, -0.25) is 4.79 Å². The Morgan fingerprint density at radius 2 is 1.81 bits per heavy atom. The van der Waals surface area contributed by atoms with E-state index in [0.29, 0.717) is 36.4 Å². The van der Waals surface area contributed by atoms with Crippen molar-refractivity contribution in [2.45, 2.75) is 83.5 Å². The monoisotopic (exact) mass is 438 g/mol. The van der Waals surface area contributed by atoms with Crippen molar-refractivity contribution in [3.05, 3.63) is 11.8 Å². The topological polar surface area (TPSA) is 50.2 Å². The van der Waals surface area contributed by atoms with Gasteiger partial charge in [-0.2, -0.15) is 18.3 Å². The molecule has 31 heavy (non-hydrogen) atoms. The Labute approximate surface area is 181 Å². The molecule has 2 aliphatic carbocycles. The molecule has 1 aromatic heterocycles. The van der Waals surface area contributed by atoms with E-state index in [9.17, 15) is 18.0 Å². The van der Waals surface area contributed by atoms with Crippen LogP contribution in [0.1, 0.15) is 76.9 Å². The Morgan fingerprint density at radius 3 is 2.42 bits per heavy atom. The largest absolute Gasteiger partial charge is 0.410 e. The van der Waals surface area contributed by atoms with Crippen LogP contribution in [0.5, 0.6) is 0 Å². The predicted octanol–water partition coefficient (Wildman–Crippen LogP) is 4.97. The summed E-state index contributed by atoms with van der Waals surface area (Å²) in [6.07, 6.45) is 1.21. The molecule has 4 aliphatic rings. The van der Waals surface area contributed by atoms with Gasteiger partial charge in [0.1, 0.15) is 5.82 Å². The molecule has 0 unspecified atom stereocenters. The number of rotatable bonds is 2. The minimum atomic E-state index is -4.34. The summed E-state index contributed by atoms with van der Waals surface area (Å²) in [7, 11) is 0. The lowest BCUT2D eigenvalue weighted by atomic mass is 9.82. The van der Waals surface area contributed by atoms with E-state index in [-0.39, 0.29) is 35.6 Å². The minimum absolute atomic E-state index is 0.00611. The summed E-state index contributed by atoms with van der Waals surface area (Å²) in [5, 5.41) is 7.72. The van der Waals surface area contributed by atoms with Gasteiger partial charge in [0, 0.05) is 37.0 Å². The van der Waals surface area contributed by atoms with E-state index in [1.54, 1.807) is 6.07 Å². The molecule has 1 aromatic rings. The fourth-order valence-electron chi connectivity index (χ4n) is 6.13. The van der Waals surface area contributed by atoms with Crippen molar-refractivity contribution in [2.75, 3.05) is 18.4 Å². The third-order valence-corrected chi connectivity index (χ3v) is 8.11. The maximum Gasteiger partial charge on any atom is 0.410 e. The fourth-order valence-corrected chi connectivity index (χ4v) is 6.13. The van der Waals surface area contributed by atoms with Gasteiger partial charge in [0.25, 0.3) is 0 Å². The number of halogens is 3. The van der Waals surface area contributed by atoms with Crippen molar-refractivity contribution >= 4 is 11.7 Å². The lowest BCUT2D eigenvalue weighted by Gasteiger charge is -2.39. The number of carbonyl (C=O) groups is 1. The number of carbonyl (C=O) groups excluding carboxylic acids is 1.